The number of fused-ring (bicyclic) bond motifs is 1. The summed E-state index contributed by atoms with van der Waals surface area (Å²) in [6.07, 6.45) is 0. The Kier molecular flexibility index (Phi) is 5.16. The molecule has 0 aliphatic carbocycles. The molecule has 1 aromatic heterocycles. The number of nitrogens with zero attached hydrogens (tertiary/aromatic N) is 2. The number of carbonyl (C=O) groups is 1. The van der Waals surface area contributed by atoms with Crippen LogP contribution in [0.4, 0.5) is 0 Å². The smallest absolute Gasteiger partial charge is 0.329 e. The summed E-state index contributed by atoms with van der Waals surface area (Å²) >= 11 is 12.2. The third-order valence-electron chi connectivity index (χ3n) is 3.86. The maximum Gasteiger partial charge on any atom is 0.329 e. The van der Waals surface area contributed by atoms with Gasteiger partial charge in [0.15, 0.2) is 0 Å². The van der Waals surface area contributed by atoms with Crippen LogP contribution in [0.1, 0.15) is 12.5 Å². The average Bonchev–Trinajstić information content (AvgIpc) is 2.83. The van der Waals surface area contributed by atoms with Gasteiger partial charge in [-0.1, -0.05) is 41.4 Å². The molecule has 130 valence electrons. The predicted molar refractivity (Wildman–Crippen MR) is 98.4 cm³/mol. The Morgan fingerprint density at radius 2 is 1.76 bits per heavy atom. The molecule has 0 spiro atoms. The van der Waals surface area contributed by atoms with Crippen LogP contribution in [0.5, 0.6) is 0 Å². The number of esters is 1. The zero-order valence-corrected chi connectivity index (χ0v) is 15.0. The minimum atomic E-state index is -0.447. The molecule has 0 fully saturated rings. The van der Waals surface area contributed by atoms with Crippen molar-refractivity contribution in [1.82, 2.24) is 9.13 Å². The topological polar surface area (TPSA) is 53.2 Å². The molecule has 0 aliphatic heterocycles. The van der Waals surface area contributed by atoms with Gasteiger partial charge in [-0.05, 0) is 36.8 Å². The van der Waals surface area contributed by atoms with Crippen LogP contribution in [0, 0.1) is 0 Å². The maximum atomic E-state index is 12.9. The van der Waals surface area contributed by atoms with Crippen LogP contribution in [-0.2, 0) is 22.6 Å². The second kappa shape index (κ2) is 7.33. The third kappa shape index (κ3) is 3.57. The van der Waals surface area contributed by atoms with Crippen molar-refractivity contribution < 1.29 is 9.53 Å². The van der Waals surface area contributed by atoms with Gasteiger partial charge >= 0.3 is 11.7 Å². The van der Waals surface area contributed by atoms with Crippen molar-refractivity contribution in [3.05, 3.63) is 68.6 Å². The molecule has 5 nitrogen and oxygen atoms in total. The molecule has 0 radical (unpaired) electrons. The lowest BCUT2D eigenvalue weighted by Gasteiger charge is -2.06. The van der Waals surface area contributed by atoms with E-state index in [1.54, 1.807) is 35.8 Å². The first-order valence-electron chi connectivity index (χ1n) is 7.79. The lowest BCUT2D eigenvalue weighted by Crippen LogP contribution is -2.28. The molecule has 0 amide bonds. The lowest BCUT2D eigenvalue weighted by molar-refractivity contribution is -0.143. The molecule has 25 heavy (non-hydrogen) atoms. The number of aromatic nitrogens is 2. The summed E-state index contributed by atoms with van der Waals surface area (Å²) in [6.45, 7) is 2.15. The van der Waals surface area contributed by atoms with Crippen molar-refractivity contribution in [1.29, 1.82) is 0 Å². The van der Waals surface area contributed by atoms with Gasteiger partial charge in [0.2, 0.25) is 0 Å². The first-order valence-corrected chi connectivity index (χ1v) is 8.54. The number of hydrogen-bond acceptors (Lipinski definition) is 3. The van der Waals surface area contributed by atoms with Gasteiger partial charge in [0.25, 0.3) is 0 Å². The molecule has 0 N–H and O–H groups in total. The Morgan fingerprint density at radius 3 is 2.40 bits per heavy atom. The summed E-state index contributed by atoms with van der Waals surface area (Å²) < 4.78 is 7.97. The fourth-order valence-corrected chi connectivity index (χ4v) is 3.20. The highest BCUT2D eigenvalue weighted by atomic mass is 35.5. The minimum absolute atomic E-state index is 0.130. The van der Waals surface area contributed by atoms with Crippen LogP contribution in [0.3, 0.4) is 0 Å². The molecule has 0 saturated heterocycles. The highest BCUT2D eigenvalue weighted by Crippen LogP contribution is 2.23. The van der Waals surface area contributed by atoms with Crippen molar-refractivity contribution in [2.75, 3.05) is 6.61 Å². The minimum Gasteiger partial charge on any atom is -0.465 e. The van der Waals surface area contributed by atoms with E-state index < -0.39 is 5.97 Å². The zero-order valence-electron chi connectivity index (χ0n) is 13.5. The molecule has 3 rings (SSSR count). The summed E-state index contributed by atoms with van der Waals surface area (Å²) in [6, 6.07) is 12.5. The van der Waals surface area contributed by atoms with Crippen LogP contribution >= 0.6 is 23.2 Å². The van der Waals surface area contributed by atoms with E-state index in [0.29, 0.717) is 15.6 Å². The van der Waals surface area contributed by atoms with Gasteiger partial charge in [0.1, 0.15) is 6.54 Å². The summed E-state index contributed by atoms with van der Waals surface area (Å²) in [5.41, 5.74) is 1.88. The van der Waals surface area contributed by atoms with Gasteiger partial charge in [-0.2, -0.15) is 0 Å². The average molecular weight is 379 g/mol. The largest absolute Gasteiger partial charge is 0.465 e. The SMILES string of the molecule is CCOC(=O)Cn1c(=O)n(Cc2ccc(Cl)cc2Cl)c2ccccc21. The molecule has 0 saturated carbocycles. The third-order valence-corrected chi connectivity index (χ3v) is 4.45. The summed E-state index contributed by atoms with van der Waals surface area (Å²) in [7, 11) is 0. The Morgan fingerprint density at radius 1 is 1.08 bits per heavy atom. The van der Waals surface area contributed by atoms with Gasteiger partial charge in [0, 0.05) is 10.0 Å². The van der Waals surface area contributed by atoms with Crippen LogP contribution in [-0.4, -0.2) is 21.7 Å². The highest BCUT2D eigenvalue weighted by Gasteiger charge is 2.16. The van der Waals surface area contributed by atoms with E-state index in [1.807, 2.05) is 18.2 Å². The van der Waals surface area contributed by atoms with Gasteiger partial charge < -0.3 is 4.74 Å². The maximum absolute atomic E-state index is 12.9. The number of halogens is 2. The number of carbonyl (C=O) groups excluding carboxylic acids is 1. The van der Waals surface area contributed by atoms with Crippen LogP contribution < -0.4 is 5.69 Å². The number of imidazole rings is 1. The summed E-state index contributed by atoms with van der Waals surface area (Å²) in [4.78, 5) is 24.7. The van der Waals surface area contributed by atoms with Gasteiger partial charge in [-0.15, -0.1) is 0 Å². The first kappa shape index (κ1) is 17.6. The summed E-state index contributed by atoms with van der Waals surface area (Å²) in [5.74, 6) is -0.447. The van der Waals surface area contributed by atoms with Crippen LogP contribution in [0.2, 0.25) is 10.0 Å². The van der Waals surface area contributed by atoms with E-state index >= 15 is 0 Å². The van der Waals surface area contributed by atoms with Gasteiger partial charge in [0.05, 0.1) is 24.2 Å². The number of rotatable bonds is 5. The molecule has 2 aromatic carbocycles. The van der Waals surface area contributed by atoms with Gasteiger partial charge in [-0.25, -0.2) is 4.79 Å². The second-order valence-electron chi connectivity index (χ2n) is 5.48. The quantitative estimate of drug-likeness (QED) is 0.635. The van der Waals surface area contributed by atoms with Crippen molar-refractivity contribution >= 4 is 40.2 Å². The van der Waals surface area contributed by atoms with Crippen LogP contribution in [0.15, 0.2) is 47.3 Å². The molecular weight excluding hydrogens is 363 g/mol. The van der Waals surface area contributed by atoms with Crippen molar-refractivity contribution in [3.63, 3.8) is 0 Å². The van der Waals surface area contributed by atoms with Crippen molar-refractivity contribution in [2.24, 2.45) is 0 Å². The van der Waals surface area contributed by atoms with Crippen LogP contribution in [0.25, 0.3) is 11.0 Å². The highest BCUT2D eigenvalue weighted by molar-refractivity contribution is 6.35. The Labute approximate surface area is 154 Å². The number of benzene rings is 2. The van der Waals surface area contributed by atoms with Gasteiger partial charge in [-0.3, -0.25) is 13.9 Å². The molecular formula is C18H16Cl2N2O3. The van der Waals surface area contributed by atoms with Crippen molar-refractivity contribution in [2.45, 2.75) is 20.0 Å². The molecule has 3 aromatic rings. The fourth-order valence-electron chi connectivity index (χ4n) is 2.73. The number of ether oxygens (including phenoxy) is 1. The standard InChI is InChI=1S/C18H16Cl2N2O3/c1-2-25-17(23)11-22-16-6-4-3-5-15(16)21(18(22)24)10-12-7-8-13(19)9-14(12)20/h3-9H,2,10-11H2,1H3. The van der Waals surface area contributed by atoms with E-state index in [9.17, 15) is 9.59 Å². The molecule has 0 atom stereocenters. The Balaban J connectivity index is 2.08. The molecule has 0 unspecified atom stereocenters. The Bertz CT molecular complexity index is 992. The van der Waals surface area contributed by atoms with E-state index in [-0.39, 0.29) is 25.4 Å². The number of para-hydroxylation sites is 2. The Hall–Kier alpha value is -2.24. The molecule has 0 aliphatic rings. The lowest BCUT2D eigenvalue weighted by atomic mass is 10.2. The monoisotopic (exact) mass is 378 g/mol. The van der Waals surface area contributed by atoms with E-state index in [2.05, 4.69) is 0 Å². The second-order valence-corrected chi connectivity index (χ2v) is 6.33. The zero-order chi connectivity index (χ0) is 18.0. The summed E-state index contributed by atoms with van der Waals surface area (Å²) in [5, 5.41) is 1.02. The first-order chi connectivity index (χ1) is 12.0. The van der Waals surface area contributed by atoms with E-state index in [0.717, 1.165) is 11.1 Å². The van der Waals surface area contributed by atoms with E-state index in [1.165, 1.54) is 4.57 Å². The van der Waals surface area contributed by atoms with E-state index in [4.69, 9.17) is 27.9 Å². The molecule has 7 heteroatoms. The normalized spacial score (nSPS) is 11.0. The number of hydrogen-bond donors (Lipinski definition) is 0. The molecule has 1 heterocycles. The fraction of sp³-hybridized carbons (Fsp3) is 0.222. The molecule has 0 bridgehead atoms. The van der Waals surface area contributed by atoms with Crippen molar-refractivity contribution in [3.8, 4) is 0 Å². The predicted octanol–water partition coefficient (Wildman–Crippen LogP) is 3.72.